The topological polar surface area (TPSA) is 203 Å². The summed E-state index contributed by atoms with van der Waals surface area (Å²) in [6.07, 6.45) is 3.35. The first-order chi connectivity index (χ1) is 28.6. The van der Waals surface area contributed by atoms with Crippen LogP contribution < -0.4 is 33.2 Å². The quantitative estimate of drug-likeness (QED) is 0.0567. The van der Waals surface area contributed by atoms with Gasteiger partial charge in [-0.3, -0.25) is 24.0 Å². The second-order valence-corrected chi connectivity index (χ2v) is 15.1. The molecular weight excluding hydrogens is 743 g/mol. The number of nitrogens with two attached hydrogens (primary N) is 3. The number of likely N-dealkylation sites (N-methyl/N-ethyl adjacent to an activating group) is 1. The molecule has 12 nitrogen and oxygen atoms in total. The summed E-state index contributed by atoms with van der Waals surface area (Å²) in [6.45, 7) is 0.877. The van der Waals surface area contributed by atoms with Crippen LogP contribution in [0.3, 0.4) is 0 Å². The Kier molecular flexibility index (Phi) is 16.5. The minimum Gasteiger partial charge on any atom is -0.368 e. The average molecular weight is 800 g/mol. The number of amides is 5. The summed E-state index contributed by atoms with van der Waals surface area (Å²) in [7, 11) is 1.61. The van der Waals surface area contributed by atoms with Crippen LogP contribution in [0.5, 0.6) is 0 Å². The van der Waals surface area contributed by atoms with Crippen LogP contribution in [0.4, 0.5) is 0 Å². The predicted octanol–water partition coefficient (Wildman–Crippen LogP) is 4.05. The molecule has 12 heteroatoms. The number of primary amides is 1. The van der Waals surface area contributed by atoms with Crippen molar-refractivity contribution in [1.29, 1.82) is 0 Å². The Morgan fingerprint density at radius 3 is 1.56 bits per heavy atom. The van der Waals surface area contributed by atoms with Crippen LogP contribution in [0.15, 0.2) is 115 Å². The lowest BCUT2D eigenvalue weighted by Crippen LogP contribution is -2.59. The van der Waals surface area contributed by atoms with Crippen LogP contribution in [-0.2, 0) is 43.2 Å². The maximum absolute atomic E-state index is 14.6. The Morgan fingerprint density at radius 1 is 0.525 bits per heavy atom. The molecule has 5 rings (SSSR count). The highest BCUT2D eigenvalue weighted by Gasteiger charge is 2.33. The number of hydrogen-bond acceptors (Lipinski definition) is 7. The van der Waals surface area contributed by atoms with E-state index in [0.717, 1.165) is 38.2 Å². The summed E-state index contributed by atoms with van der Waals surface area (Å²) in [6, 6.07) is 32.5. The monoisotopic (exact) mass is 799 g/mol. The molecule has 0 aliphatic heterocycles. The van der Waals surface area contributed by atoms with Crippen molar-refractivity contribution in [2.45, 2.75) is 82.0 Å². The molecule has 310 valence electrons. The molecule has 5 amide bonds. The lowest BCUT2D eigenvalue weighted by Gasteiger charge is -2.30. The van der Waals surface area contributed by atoms with Gasteiger partial charge >= 0.3 is 0 Å². The van der Waals surface area contributed by atoms with E-state index in [9.17, 15) is 24.0 Å². The van der Waals surface area contributed by atoms with Gasteiger partial charge < -0.3 is 38.1 Å². The van der Waals surface area contributed by atoms with E-state index in [1.165, 1.54) is 4.90 Å². The Labute approximate surface area is 346 Å². The highest BCUT2D eigenvalue weighted by atomic mass is 16.2. The number of carbonyl (C=O) groups excluding carboxylic acids is 5. The first-order valence-corrected chi connectivity index (χ1v) is 20.4. The van der Waals surface area contributed by atoms with Crippen LogP contribution in [0, 0.1) is 0 Å². The summed E-state index contributed by atoms with van der Waals surface area (Å²) >= 11 is 0. The molecule has 5 aromatic carbocycles. The molecule has 59 heavy (non-hydrogen) atoms. The normalized spacial score (nSPS) is 13.2. The third-order valence-corrected chi connectivity index (χ3v) is 10.7. The summed E-state index contributed by atoms with van der Waals surface area (Å²) < 4.78 is 0. The molecule has 1 unspecified atom stereocenters. The molecule has 0 radical (unpaired) electrons. The van der Waals surface area contributed by atoms with Gasteiger partial charge in [0.2, 0.25) is 29.5 Å². The Balaban J connectivity index is 1.47. The van der Waals surface area contributed by atoms with E-state index in [-0.39, 0.29) is 31.6 Å². The molecule has 0 aromatic heterocycles. The summed E-state index contributed by atoms with van der Waals surface area (Å²) in [5.41, 5.74) is 19.4. The molecule has 0 aliphatic rings. The fraction of sp³-hybridized carbons (Fsp3) is 0.340. The largest absolute Gasteiger partial charge is 0.368 e. The highest BCUT2D eigenvalue weighted by Crippen LogP contribution is 2.20. The molecule has 0 saturated heterocycles. The second-order valence-electron chi connectivity index (χ2n) is 15.1. The van der Waals surface area contributed by atoms with Crippen molar-refractivity contribution in [2.24, 2.45) is 17.2 Å². The van der Waals surface area contributed by atoms with E-state index in [1.54, 1.807) is 7.05 Å². The number of carbonyl (C=O) groups is 5. The van der Waals surface area contributed by atoms with E-state index in [1.807, 2.05) is 115 Å². The van der Waals surface area contributed by atoms with E-state index in [4.69, 9.17) is 17.2 Å². The van der Waals surface area contributed by atoms with Crippen molar-refractivity contribution < 1.29 is 24.0 Å². The zero-order valence-electron chi connectivity index (χ0n) is 33.8. The molecule has 4 atom stereocenters. The standard InChI is InChI=1S/C47H57N7O5/c1-54(43(55)20-10-12-26-49)42(31-34-22-24-36-16-6-8-18-38(36)28-34)47(59)53-41(30-33-21-23-35-15-5-7-17-37(35)27-33)46(58)52-40(29-32-13-3-2-4-14-32)45(57)51-39(44(50)56)19-9-11-25-48/h2-8,13-18,21-24,27-28,39-42H,9-12,19-20,25-26,29-31,48-49H2,1H3,(H2,50,56)(H,51,57)(H,52,58)(H,53,59)/t39-,40-,41+,42?/m0/s1. The fourth-order valence-corrected chi connectivity index (χ4v) is 7.23. The van der Waals surface area contributed by atoms with Gasteiger partial charge in [-0.1, -0.05) is 115 Å². The van der Waals surface area contributed by atoms with Crippen LogP contribution in [0.25, 0.3) is 21.5 Å². The van der Waals surface area contributed by atoms with Crippen molar-refractivity contribution in [1.82, 2.24) is 20.9 Å². The first kappa shape index (κ1) is 44.0. The first-order valence-electron chi connectivity index (χ1n) is 20.4. The molecular formula is C47H57N7O5. The minimum absolute atomic E-state index is 0.0853. The number of unbranched alkanes of at least 4 members (excludes halogenated alkanes) is 2. The van der Waals surface area contributed by atoms with Gasteiger partial charge in [0.15, 0.2) is 0 Å². The number of hydrogen-bond donors (Lipinski definition) is 6. The van der Waals surface area contributed by atoms with Gasteiger partial charge in [0.05, 0.1) is 0 Å². The number of nitrogens with zero attached hydrogens (tertiary/aromatic N) is 1. The van der Waals surface area contributed by atoms with E-state index in [2.05, 4.69) is 16.0 Å². The van der Waals surface area contributed by atoms with Crippen molar-refractivity contribution >= 4 is 51.1 Å². The smallest absolute Gasteiger partial charge is 0.243 e. The van der Waals surface area contributed by atoms with Crippen molar-refractivity contribution in [2.75, 3.05) is 20.1 Å². The van der Waals surface area contributed by atoms with Gasteiger partial charge in [-0.05, 0) is 83.4 Å². The van der Waals surface area contributed by atoms with E-state index in [0.29, 0.717) is 45.2 Å². The van der Waals surface area contributed by atoms with E-state index < -0.39 is 47.8 Å². The lowest BCUT2D eigenvalue weighted by atomic mass is 9.98. The fourth-order valence-electron chi connectivity index (χ4n) is 7.23. The SMILES string of the molecule is CN(C(=O)CCCCN)C(Cc1ccc2ccccc2c1)C(=O)N[C@H](Cc1ccc2ccccc2c1)C(=O)N[C@@H](Cc1ccccc1)C(=O)N[C@@H](CCCCN)C(N)=O. The second kappa shape index (κ2) is 22.2. The number of rotatable bonds is 22. The Bertz CT molecular complexity index is 2200. The Morgan fingerprint density at radius 2 is 1.00 bits per heavy atom. The van der Waals surface area contributed by atoms with Gasteiger partial charge in [0.25, 0.3) is 0 Å². The van der Waals surface area contributed by atoms with E-state index >= 15 is 0 Å². The van der Waals surface area contributed by atoms with Crippen molar-refractivity contribution in [3.8, 4) is 0 Å². The van der Waals surface area contributed by atoms with Gasteiger partial charge in [0.1, 0.15) is 24.2 Å². The van der Waals surface area contributed by atoms with Gasteiger partial charge in [-0.25, -0.2) is 0 Å². The third kappa shape index (κ3) is 12.9. The molecule has 0 spiro atoms. The maximum Gasteiger partial charge on any atom is 0.243 e. The number of benzene rings is 5. The molecule has 0 saturated carbocycles. The van der Waals surface area contributed by atoms with Gasteiger partial charge in [-0.15, -0.1) is 0 Å². The van der Waals surface area contributed by atoms with Crippen molar-refractivity contribution in [3.63, 3.8) is 0 Å². The number of nitrogens with one attached hydrogen (secondary N) is 3. The lowest BCUT2D eigenvalue weighted by molar-refractivity contribution is -0.140. The zero-order valence-corrected chi connectivity index (χ0v) is 33.8. The summed E-state index contributed by atoms with van der Waals surface area (Å²) in [4.78, 5) is 70.6. The molecule has 5 aromatic rings. The molecule has 0 fully saturated rings. The van der Waals surface area contributed by atoms with Crippen LogP contribution in [0.2, 0.25) is 0 Å². The summed E-state index contributed by atoms with van der Waals surface area (Å²) in [5, 5.41) is 12.7. The Hall–Kier alpha value is -6.11. The van der Waals surface area contributed by atoms with Gasteiger partial charge in [-0.2, -0.15) is 0 Å². The zero-order chi connectivity index (χ0) is 42.1. The van der Waals surface area contributed by atoms with Crippen LogP contribution in [-0.4, -0.2) is 78.7 Å². The van der Waals surface area contributed by atoms with Crippen LogP contribution >= 0.6 is 0 Å². The summed E-state index contributed by atoms with van der Waals surface area (Å²) in [5.74, 6) is -2.63. The molecule has 0 bridgehead atoms. The average Bonchev–Trinajstić information content (AvgIpc) is 3.24. The molecule has 0 heterocycles. The van der Waals surface area contributed by atoms with Crippen LogP contribution in [0.1, 0.15) is 55.2 Å². The predicted molar refractivity (Wildman–Crippen MR) is 233 cm³/mol. The third-order valence-electron chi connectivity index (χ3n) is 10.7. The molecule has 0 aliphatic carbocycles. The van der Waals surface area contributed by atoms with Gasteiger partial charge in [0, 0.05) is 32.7 Å². The highest BCUT2D eigenvalue weighted by molar-refractivity contribution is 5.96. The van der Waals surface area contributed by atoms with Crippen molar-refractivity contribution in [3.05, 3.63) is 132 Å². The number of fused-ring (bicyclic) bond motifs is 2. The molecule has 9 N–H and O–H groups in total. The maximum atomic E-state index is 14.6. The minimum atomic E-state index is -1.16.